The topological polar surface area (TPSA) is 55.3 Å². The van der Waals surface area contributed by atoms with Gasteiger partial charge in [-0.2, -0.15) is 0 Å². The van der Waals surface area contributed by atoms with Crippen molar-refractivity contribution in [2.75, 3.05) is 13.1 Å². The second-order valence-corrected chi connectivity index (χ2v) is 6.81. The number of hydrogen-bond donors (Lipinski definition) is 0. The zero-order valence-electron chi connectivity index (χ0n) is 13.4. The molecule has 1 amide bonds. The minimum Gasteiger partial charge on any atom is -0.367 e. The minimum absolute atomic E-state index is 0.0527. The van der Waals surface area contributed by atoms with Gasteiger partial charge in [-0.15, -0.1) is 0 Å². The van der Waals surface area contributed by atoms with Crippen molar-refractivity contribution in [1.29, 1.82) is 0 Å². The molecule has 2 aliphatic heterocycles. The zero-order chi connectivity index (χ0) is 15.6. The van der Waals surface area contributed by atoms with Crippen molar-refractivity contribution in [3.63, 3.8) is 0 Å². The van der Waals surface area contributed by atoms with E-state index in [1.165, 1.54) is 6.42 Å². The van der Waals surface area contributed by atoms with Gasteiger partial charge in [-0.25, -0.2) is 9.97 Å². The molecule has 4 rings (SSSR count). The van der Waals surface area contributed by atoms with E-state index in [0.29, 0.717) is 5.92 Å². The summed E-state index contributed by atoms with van der Waals surface area (Å²) in [5, 5.41) is 0. The minimum atomic E-state index is 0.0527. The van der Waals surface area contributed by atoms with E-state index in [1.54, 1.807) is 12.5 Å². The number of allylic oxidation sites excluding steroid dienone is 1. The molecule has 2 saturated heterocycles. The van der Waals surface area contributed by atoms with Gasteiger partial charge < -0.3 is 9.64 Å². The van der Waals surface area contributed by atoms with E-state index < -0.39 is 0 Å². The highest BCUT2D eigenvalue weighted by molar-refractivity contribution is 5.93. The van der Waals surface area contributed by atoms with Crippen molar-refractivity contribution < 1.29 is 9.53 Å². The molecule has 5 nitrogen and oxygen atoms in total. The highest BCUT2D eigenvalue weighted by atomic mass is 16.5. The molecule has 0 bridgehead atoms. The number of rotatable bonds is 2. The first-order valence-electron chi connectivity index (χ1n) is 8.71. The SMILES string of the molecule is O=C(C1=CCCCC1)N1CC[C@@H]2C[C@H](c3ccncn3)O[C@H]2C1. The maximum absolute atomic E-state index is 12.7. The number of aromatic nitrogens is 2. The van der Waals surface area contributed by atoms with Crippen molar-refractivity contribution >= 4 is 5.91 Å². The predicted octanol–water partition coefficient (Wildman–Crippen LogP) is 2.66. The van der Waals surface area contributed by atoms with Crippen LogP contribution in [0.1, 0.15) is 50.3 Å². The Balaban J connectivity index is 1.41. The van der Waals surface area contributed by atoms with Gasteiger partial charge in [0.25, 0.3) is 0 Å². The molecule has 23 heavy (non-hydrogen) atoms. The van der Waals surface area contributed by atoms with Gasteiger partial charge in [0.2, 0.25) is 5.91 Å². The Hall–Kier alpha value is -1.75. The molecule has 1 aromatic rings. The van der Waals surface area contributed by atoms with Gasteiger partial charge in [0, 0.05) is 24.9 Å². The van der Waals surface area contributed by atoms with Crippen LogP contribution in [-0.2, 0) is 9.53 Å². The number of likely N-dealkylation sites (tertiary alicyclic amines) is 1. The Bertz CT molecular complexity index is 602. The monoisotopic (exact) mass is 313 g/mol. The highest BCUT2D eigenvalue weighted by Crippen LogP contribution is 2.40. The molecular weight excluding hydrogens is 290 g/mol. The molecule has 0 saturated carbocycles. The summed E-state index contributed by atoms with van der Waals surface area (Å²) in [4.78, 5) is 23.0. The van der Waals surface area contributed by atoms with E-state index in [9.17, 15) is 4.79 Å². The predicted molar refractivity (Wildman–Crippen MR) is 85.5 cm³/mol. The summed E-state index contributed by atoms with van der Waals surface area (Å²) >= 11 is 0. The van der Waals surface area contributed by atoms with E-state index in [1.807, 2.05) is 11.0 Å². The average Bonchev–Trinajstić information content (AvgIpc) is 3.06. The summed E-state index contributed by atoms with van der Waals surface area (Å²) in [6, 6.07) is 1.93. The Morgan fingerprint density at radius 3 is 3.09 bits per heavy atom. The van der Waals surface area contributed by atoms with Gasteiger partial charge in [-0.05, 0) is 50.5 Å². The molecule has 1 aliphatic carbocycles. The fourth-order valence-corrected chi connectivity index (χ4v) is 4.03. The molecule has 1 aromatic heterocycles. The fourth-order valence-electron chi connectivity index (χ4n) is 4.03. The molecule has 0 radical (unpaired) electrons. The lowest BCUT2D eigenvalue weighted by Crippen LogP contribution is -2.46. The van der Waals surface area contributed by atoms with Gasteiger partial charge in [-0.3, -0.25) is 4.79 Å². The van der Waals surface area contributed by atoms with Gasteiger partial charge >= 0.3 is 0 Å². The quantitative estimate of drug-likeness (QED) is 0.842. The first kappa shape index (κ1) is 14.8. The molecule has 3 atom stereocenters. The molecule has 0 N–H and O–H groups in total. The Labute approximate surface area is 136 Å². The van der Waals surface area contributed by atoms with Crippen molar-refractivity contribution in [3.8, 4) is 0 Å². The first-order chi connectivity index (χ1) is 11.3. The molecule has 2 fully saturated rings. The Morgan fingerprint density at radius 1 is 1.35 bits per heavy atom. The number of piperidine rings is 1. The van der Waals surface area contributed by atoms with Gasteiger partial charge in [0.05, 0.1) is 11.8 Å². The van der Waals surface area contributed by atoms with Crippen LogP contribution < -0.4 is 0 Å². The molecule has 3 heterocycles. The van der Waals surface area contributed by atoms with Crippen LogP contribution in [0.3, 0.4) is 0 Å². The van der Waals surface area contributed by atoms with Crippen molar-refractivity contribution in [2.45, 2.75) is 50.7 Å². The molecule has 0 unspecified atom stereocenters. The lowest BCUT2D eigenvalue weighted by atomic mass is 9.90. The van der Waals surface area contributed by atoms with Crippen LogP contribution in [-0.4, -0.2) is 40.0 Å². The van der Waals surface area contributed by atoms with Crippen LogP contribution in [0.5, 0.6) is 0 Å². The lowest BCUT2D eigenvalue weighted by molar-refractivity contribution is -0.131. The zero-order valence-corrected chi connectivity index (χ0v) is 13.4. The van der Waals surface area contributed by atoms with Gasteiger partial charge in [-0.1, -0.05) is 6.08 Å². The third-order valence-corrected chi connectivity index (χ3v) is 5.34. The molecule has 122 valence electrons. The summed E-state index contributed by atoms with van der Waals surface area (Å²) in [6.45, 7) is 1.58. The third-order valence-electron chi connectivity index (χ3n) is 5.34. The van der Waals surface area contributed by atoms with Gasteiger partial charge in [0.1, 0.15) is 12.4 Å². The van der Waals surface area contributed by atoms with E-state index in [4.69, 9.17) is 4.74 Å². The summed E-state index contributed by atoms with van der Waals surface area (Å²) in [5.74, 6) is 0.775. The number of fused-ring (bicyclic) bond motifs is 1. The normalized spacial score (nSPS) is 30.7. The maximum Gasteiger partial charge on any atom is 0.249 e. The third kappa shape index (κ3) is 3.02. The van der Waals surface area contributed by atoms with Crippen LogP contribution in [0.2, 0.25) is 0 Å². The van der Waals surface area contributed by atoms with Crippen LogP contribution in [0.4, 0.5) is 0 Å². The summed E-state index contributed by atoms with van der Waals surface area (Å²) in [7, 11) is 0. The molecule has 0 aromatic carbocycles. The Morgan fingerprint density at radius 2 is 2.30 bits per heavy atom. The van der Waals surface area contributed by atoms with E-state index in [2.05, 4.69) is 16.0 Å². The Kier molecular flexibility index (Phi) is 4.12. The first-order valence-corrected chi connectivity index (χ1v) is 8.71. The van der Waals surface area contributed by atoms with Crippen molar-refractivity contribution in [1.82, 2.24) is 14.9 Å². The molecular formula is C18H23N3O2. The summed E-state index contributed by atoms with van der Waals surface area (Å²) in [6.07, 6.45) is 12.1. The van der Waals surface area contributed by atoms with Crippen LogP contribution in [0, 0.1) is 5.92 Å². The smallest absolute Gasteiger partial charge is 0.249 e. The second kappa shape index (κ2) is 6.40. The largest absolute Gasteiger partial charge is 0.367 e. The molecule has 5 heteroatoms. The number of carbonyl (C=O) groups excluding carboxylic acids is 1. The lowest BCUT2D eigenvalue weighted by Gasteiger charge is -2.35. The summed E-state index contributed by atoms with van der Waals surface area (Å²) in [5.41, 5.74) is 1.97. The number of hydrogen-bond acceptors (Lipinski definition) is 4. The summed E-state index contributed by atoms with van der Waals surface area (Å²) < 4.78 is 6.22. The van der Waals surface area contributed by atoms with Crippen molar-refractivity contribution in [3.05, 3.63) is 35.9 Å². The number of nitrogens with zero attached hydrogens (tertiary/aromatic N) is 3. The van der Waals surface area contributed by atoms with E-state index >= 15 is 0 Å². The molecule has 0 spiro atoms. The van der Waals surface area contributed by atoms with E-state index in [0.717, 1.165) is 56.5 Å². The fraction of sp³-hybridized carbons (Fsp3) is 0.611. The standard InChI is InChI=1S/C18H23N3O2/c22-18(13-4-2-1-3-5-13)21-9-7-14-10-16(23-17(14)11-21)15-6-8-19-12-20-15/h4,6,8,12,14,16-17H,1-3,5,7,9-11H2/t14-,16-,17+/m1/s1. The van der Waals surface area contributed by atoms with Crippen LogP contribution in [0.25, 0.3) is 0 Å². The van der Waals surface area contributed by atoms with Gasteiger partial charge in [0.15, 0.2) is 0 Å². The average molecular weight is 313 g/mol. The van der Waals surface area contributed by atoms with E-state index in [-0.39, 0.29) is 18.1 Å². The van der Waals surface area contributed by atoms with Crippen LogP contribution >= 0.6 is 0 Å². The van der Waals surface area contributed by atoms with Crippen LogP contribution in [0.15, 0.2) is 30.2 Å². The number of amides is 1. The van der Waals surface area contributed by atoms with Crippen molar-refractivity contribution in [2.24, 2.45) is 5.92 Å². The molecule has 3 aliphatic rings. The number of ether oxygens (including phenoxy) is 1. The highest BCUT2D eigenvalue weighted by Gasteiger charge is 2.41. The maximum atomic E-state index is 12.7. The second-order valence-electron chi connectivity index (χ2n) is 6.81. The number of carbonyl (C=O) groups is 1.